The van der Waals surface area contributed by atoms with E-state index < -0.39 is 5.97 Å². The van der Waals surface area contributed by atoms with E-state index >= 15 is 0 Å². The summed E-state index contributed by atoms with van der Waals surface area (Å²) >= 11 is 0. The quantitative estimate of drug-likeness (QED) is 0.869. The fourth-order valence-electron chi connectivity index (χ4n) is 2.05. The number of amides is 2. The minimum Gasteiger partial charge on any atom is -0.478 e. The van der Waals surface area contributed by atoms with Crippen molar-refractivity contribution in [2.75, 3.05) is 18.4 Å². The third-order valence-corrected chi connectivity index (χ3v) is 2.98. The number of anilines is 1. The van der Waals surface area contributed by atoms with Gasteiger partial charge in [-0.2, -0.15) is 0 Å². The largest absolute Gasteiger partial charge is 0.478 e. The van der Waals surface area contributed by atoms with Crippen LogP contribution in [-0.2, 0) is 0 Å². The standard InChI is InChI=1S/C15H22N2O3/c1-5-17(9-10(2)3)15(20)16-12-8-6-7-11(4)13(12)14(18)19/h6-8,10H,5,9H2,1-4H3,(H,16,20)(H,18,19). The van der Waals surface area contributed by atoms with Crippen molar-refractivity contribution in [3.8, 4) is 0 Å². The van der Waals surface area contributed by atoms with Gasteiger partial charge in [-0.25, -0.2) is 9.59 Å². The SMILES string of the molecule is CCN(CC(C)C)C(=O)Nc1cccc(C)c1C(=O)O. The number of aryl methyl sites for hydroxylation is 1. The zero-order valence-electron chi connectivity index (χ0n) is 12.4. The lowest BCUT2D eigenvalue weighted by molar-refractivity contribution is 0.0697. The van der Waals surface area contributed by atoms with E-state index in [0.717, 1.165) is 0 Å². The van der Waals surface area contributed by atoms with Crippen molar-refractivity contribution < 1.29 is 14.7 Å². The number of nitrogens with one attached hydrogen (secondary N) is 1. The molecule has 1 rings (SSSR count). The Morgan fingerprint density at radius 2 is 2.00 bits per heavy atom. The van der Waals surface area contributed by atoms with Crippen molar-refractivity contribution in [2.24, 2.45) is 5.92 Å². The first kappa shape index (κ1) is 16.0. The van der Waals surface area contributed by atoms with Crippen molar-refractivity contribution >= 4 is 17.7 Å². The molecule has 0 saturated heterocycles. The average Bonchev–Trinajstić information content (AvgIpc) is 2.35. The van der Waals surface area contributed by atoms with Crippen LogP contribution in [0.4, 0.5) is 10.5 Å². The topological polar surface area (TPSA) is 69.6 Å². The Morgan fingerprint density at radius 3 is 2.50 bits per heavy atom. The molecule has 0 unspecified atom stereocenters. The van der Waals surface area contributed by atoms with Crippen LogP contribution in [0, 0.1) is 12.8 Å². The molecule has 0 aromatic heterocycles. The Labute approximate surface area is 119 Å². The molecule has 0 radical (unpaired) electrons. The molecular formula is C15H22N2O3. The predicted octanol–water partition coefficient (Wildman–Crippen LogP) is 3.20. The molecule has 0 atom stereocenters. The van der Waals surface area contributed by atoms with Gasteiger partial charge in [0.25, 0.3) is 0 Å². The highest BCUT2D eigenvalue weighted by Crippen LogP contribution is 2.20. The number of rotatable bonds is 5. The molecule has 2 amide bonds. The number of carboxylic acids is 1. The first-order valence-corrected chi connectivity index (χ1v) is 6.75. The van der Waals surface area contributed by atoms with E-state index in [0.29, 0.717) is 30.3 Å². The van der Waals surface area contributed by atoms with Crippen LogP contribution in [0.2, 0.25) is 0 Å². The lowest BCUT2D eigenvalue weighted by atomic mass is 10.1. The zero-order valence-corrected chi connectivity index (χ0v) is 12.4. The van der Waals surface area contributed by atoms with E-state index in [1.165, 1.54) is 0 Å². The molecule has 0 fully saturated rings. The van der Waals surface area contributed by atoms with E-state index in [-0.39, 0.29) is 11.6 Å². The molecule has 20 heavy (non-hydrogen) atoms. The maximum atomic E-state index is 12.2. The number of hydrogen-bond donors (Lipinski definition) is 2. The van der Waals surface area contributed by atoms with Crippen LogP contribution in [-0.4, -0.2) is 35.1 Å². The van der Waals surface area contributed by atoms with E-state index in [4.69, 9.17) is 0 Å². The summed E-state index contributed by atoms with van der Waals surface area (Å²) in [5.41, 5.74) is 1.10. The number of hydrogen-bond acceptors (Lipinski definition) is 2. The molecule has 0 aliphatic carbocycles. The third-order valence-electron chi connectivity index (χ3n) is 2.98. The summed E-state index contributed by atoms with van der Waals surface area (Å²) < 4.78 is 0. The van der Waals surface area contributed by atoms with Crippen molar-refractivity contribution in [3.05, 3.63) is 29.3 Å². The molecule has 110 valence electrons. The van der Waals surface area contributed by atoms with Gasteiger partial charge < -0.3 is 15.3 Å². The smallest absolute Gasteiger partial charge is 0.338 e. The van der Waals surface area contributed by atoms with Crippen LogP contribution in [0.15, 0.2) is 18.2 Å². The lowest BCUT2D eigenvalue weighted by Crippen LogP contribution is -2.37. The van der Waals surface area contributed by atoms with Gasteiger partial charge in [-0.3, -0.25) is 0 Å². The van der Waals surface area contributed by atoms with Gasteiger partial charge in [-0.05, 0) is 31.4 Å². The molecule has 5 nitrogen and oxygen atoms in total. The van der Waals surface area contributed by atoms with Gasteiger partial charge in [-0.15, -0.1) is 0 Å². The zero-order chi connectivity index (χ0) is 15.3. The summed E-state index contributed by atoms with van der Waals surface area (Å²) in [6.07, 6.45) is 0. The van der Waals surface area contributed by atoms with Gasteiger partial charge in [0.1, 0.15) is 0 Å². The van der Waals surface area contributed by atoms with Crippen molar-refractivity contribution in [1.82, 2.24) is 4.90 Å². The molecule has 1 aromatic rings. The Balaban J connectivity index is 2.95. The Kier molecular flexibility index (Phi) is 5.55. The number of nitrogens with zero attached hydrogens (tertiary/aromatic N) is 1. The van der Waals surface area contributed by atoms with Gasteiger partial charge in [-0.1, -0.05) is 26.0 Å². The van der Waals surface area contributed by atoms with Gasteiger partial charge in [0.15, 0.2) is 0 Å². The average molecular weight is 278 g/mol. The summed E-state index contributed by atoms with van der Waals surface area (Å²) in [6, 6.07) is 4.78. The molecule has 0 heterocycles. The molecule has 1 aromatic carbocycles. The first-order valence-electron chi connectivity index (χ1n) is 6.75. The predicted molar refractivity (Wildman–Crippen MR) is 79.2 cm³/mol. The second-order valence-corrected chi connectivity index (χ2v) is 5.17. The van der Waals surface area contributed by atoms with E-state index in [2.05, 4.69) is 5.32 Å². The minimum atomic E-state index is -1.04. The number of aromatic carboxylic acids is 1. The summed E-state index contributed by atoms with van der Waals surface area (Å²) in [5.74, 6) is -0.678. The molecule has 5 heteroatoms. The van der Waals surface area contributed by atoms with Crippen LogP contribution >= 0.6 is 0 Å². The molecule has 0 saturated carbocycles. The first-order chi connectivity index (χ1) is 9.36. The van der Waals surface area contributed by atoms with Gasteiger partial charge in [0, 0.05) is 13.1 Å². The second-order valence-electron chi connectivity index (χ2n) is 5.17. The van der Waals surface area contributed by atoms with Crippen LogP contribution in [0.1, 0.15) is 36.7 Å². The maximum absolute atomic E-state index is 12.2. The molecule has 0 aliphatic heterocycles. The van der Waals surface area contributed by atoms with Crippen molar-refractivity contribution in [3.63, 3.8) is 0 Å². The maximum Gasteiger partial charge on any atom is 0.338 e. The third kappa shape index (κ3) is 3.98. The van der Waals surface area contributed by atoms with E-state index in [9.17, 15) is 14.7 Å². The fourth-order valence-corrected chi connectivity index (χ4v) is 2.05. The number of carboxylic acid groups (broad SMARTS) is 1. The van der Waals surface area contributed by atoms with Crippen LogP contribution < -0.4 is 5.32 Å². The summed E-state index contributed by atoms with van der Waals surface area (Å²) in [5, 5.41) is 11.9. The molecule has 0 aliphatic rings. The van der Waals surface area contributed by atoms with Crippen LogP contribution in [0.3, 0.4) is 0 Å². The van der Waals surface area contributed by atoms with Crippen molar-refractivity contribution in [2.45, 2.75) is 27.7 Å². The number of urea groups is 1. The lowest BCUT2D eigenvalue weighted by Gasteiger charge is -2.23. The van der Waals surface area contributed by atoms with Crippen molar-refractivity contribution in [1.29, 1.82) is 0 Å². The normalized spacial score (nSPS) is 10.4. The summed E-state index contributed by atoms with van der Waals surface area (Å²) in [7, 11) is 0. The summed E-state index contributed by atoms with van der Waals surface area (Å²) in [6.45, 7) is 8.90. The van der Waals surface area contributed by atoms with E-state index in [1.54, 1.807) is 30.0 Å². The Bertz CT molecular complexity index is 498. The van der Waals surface area contributed by atoms with Gasteiger partial charge in [0.2, 0.25) is 0 Å². The number of benzene rings is 1. The highest BCUT2D eigenvalue weighted by molar-refractivity contribution is 6.01. The minimum absolute atomic E-state index is 0.140. The van der Waals surface area contributed by atoms with Crippen LogP contribution in [0.25, 0.3) is 0 Å². The molecule has 0 spiro atoms. The summed E-state index contributed by atoms with van der Waals surface area (Å²) in [4.78, 5) is 25.1. The number of carbonyl (C=O) groups is 2. The molecule has 2 N–H and O–H groups in total. The number of carbonyl (C=O) groups excluding carboxylic acids is 1. The molecule has 0 bridgehead atoms. The highest BCUT2D eigenvalue weighted by Gasteiger charge is 2.18. The second kappa shape index (κ2) is 6.93. The Morgan fingerprint density at radius 1 is 1.35 bits per heavy atom. The van der Waals surface area contributed by atoms with Gasteiger partial charge in [0.05, 0.1) is 11.3 Å². The Hall–Kier alpha value is -2.04. The molecular weight excluding hydrogens is 256 g/mol. The van der Waals surface area contributed by atoms with Gasteiger partial charge >= 0.3 is 12.0 Å². The highest BCUT2D eigenvalue weighted by atomic mass is 16.4. The van der Waals surface area contributed by atoms with Crippen LogP contribution in [0.5, 0.6) is 0 Å². The fraction of sp³-hybridized carbons (Fsp3) is 0.467. The monoisotopic (exact) mass is 278 g/mol. The van der Waals surface area contributed by atoms with E-state index in [1.807, 2.05) is 20.8 Å².